The van der Waals surface area contributed by atoms with Crippen molar-refractivity contribution in [1.29, 1.82) is 0 Å². The van der Waals surface area contributed by atoms with Crippen molar-refractivity contribution in [1.82, 2.24) is 10.3 Å². The molecule has 0 saturated carbocycles. The highest BCUT2D eigenvalue weighted by Gasteiger charge is 2.25. The first-order valence-electron chi connectivity index (χ1n) is 6.86. The lowest BCUT2D eigenvalue weighted by atomic mass is 9.98. The highest BCUT2D eigenvalue weighted by Crippen LogP contribution is 2.37. The molecule has 1 aliphatic rings. The van der Waals surface area contributed by atoms with Crippen molar-refractivity contribution < 1.29 is 9.18 Å². The average Bonchev–Trinajstić information content (AvgIpc) is 2.93. The van der Waals surface area contributed by atoms with Gasteiger partial charge in [0.05, 0.1) is 16.6 Å². The predicted octanol–water partition coefficient (Wildman–Crippen LogP) is 3.63. The molecule has 0 spiro atoms. The molecule has 1 amide bonds. The number of rotatable bonds is 3. The summed E-state index contributed by atoms with van der Waals surface area (Å²) >= 11 is 1.57. The largest absolute Gasteiger partial charge is 0.345 e. The molecule has 3 rings (SSSR count). The van der Waals surface area contributed by atoms with Crippen LogP contribution in [-0.4, -0.2) is 10.9 Å². The second-order valence-electron chi connectivity index (χ2n) is 4.99. The van der Waals surface area contributed by atoms with Crippen LogP contribution in [0.25, 0.3) is 10.6 Å². The van der Waals surface area contributed by atoms with Crippen molar-refractivity contribution in [3.05, 3.63) is 53.3 Å². The molecule has 5 heteroatoms. The van der Waals surface area contributed by atoms with E-state index in [0.717, 1.165) is 40.4 Å². The molecule has 108 valence electrons. The van der Waals surface area contributed by atoms with Gasteiger partial charge in [0, 0.05) is 5.56 Å². The van der Waals surface area contributed by atoms with E-state index in [4.69, 9.17) is 0 Å². The van der Waals surface area contributed by atoms with Crippen molar-refractivity contribution >= 4 is 17.2 Å². The smallest absolute Gasteiger partial charge is 0.243 e. The van der Waals surface area contributed by atoms with E-state index in [2.05, 4.69) is 16.9 Å². The molecule has 0 saturated heterocycles. The number of aromatic nitrogens is 1. The Balaban J connectivity index is 1.92. The van der Waals surface area contributed by atoms with Gasteiger partial charge in [-0.2, -0.15) is 0 Å². The van der Waals surface area contributed by atoms with Gasteiger partial charge in [0.25, 0.3) is 0 Å². The van der Waals surface area contributed by atoms with E-state index < -0.39 is 0 Å². The maximum atomic E-state index is 13.0. The van der Waals surface area contributed by atoms with Gasteiger partial charge in [-0.15, -0.1) is 11.3 Å². The third-order valence-electron chi connectivity index (χ3n) is 3.54. The van der Waals surface area contributed by atoms with Crippen LogP contribution < -0.4 is 5.32 Å². The zero-order valence-electron chi connectivity index (χ0n) is 11.4. The summed E-state index contributed by atoms with van der Waals surface area (Å²) in [5.74, 6) is -0.416. The number of fused-ring (bicyclic) bond motifs is 1. The van der Waals surface area contributed by atoms with Gasteiger partial charge in [0.15, 0.2) is 0 Å². The van der Waals surface area contributed by atoms with Crippen LogP contribution in [0.5, 0.6) is 0 Å². The Labute approximate surface area is 126 Å². The number of carbonyl (C=O) groups is 1. The van der Waals surface area contributed by atoms with Gasteiger partial charge < -0.3 is 5.32 Å². The minimum Gasteiger partial charge on any atom is -0.345 e. The van der Waals surface area contributed by atoms with Crippen molar-refractivity contribution in [2.24, 2.45) is 0 Å². The van der Waals surface area contributed by atoms with Crippen LogP contribution in [0.1, 0.15) is 29.5 Å². The molecule has 0 aliphatic heterocycles. The number of halogens is 1. The van der Waals surface area contributed by atoms with Gasteiger partial charge >= 0.3 is 0 Å². The van der Waals surface area contributed by atoms with Gasteiger partial charge in [0.1, 0.15) is 10.8 Å². The van der Waals surface area contributed by atoms with Crippen molar-refractivity contribution in [3.8, 4) is 10.6 Å². The first-order valence-corrected chi connectivity index (χ1v) is 7.67. The van der Waals surface area contributed by atoms with Gasteiger partial charge in [-0.05, 0) is 49.6 Å². The fourth-order valence-electron chi connectivity index (χ4n) is 2.50. The molecular formula is C16H15FN2OS. The summed E-state index contributed by atoms with van der Waals surface area (Å²) in [6, 6.07) is 6.35. The number of thiazole rings is 1. The van der Waals surface area contributed by atoms with Gasteiger partial charge in [0.2, 0.25) is 5.91 Å². The van der Waals surface area contributed by atoms with E-state index in [1.54, 1.807) is 23.5 Å². The van der Waals surface area contributed by atoms with E-state index >= 15 is 0 Å². The van der Waals surface area contributed by atoms with Gasteiger partial charge in [-0.3, -0.25) is 4.79 Å². The molecule has 1 aromatic heterocycles. The van der Waals surface area contributed by atoms with Gasteiger partial charge in [-0.1, -0.05) is 6.58 Å². The van der Waals surface area contributed by atoms with Crippen LogP contribution >= 0.6 is 11.3 Å². The van der Waals surface area contributed by atoms with Crippen LogP contribution in [0, 0.1) is 5.82 Å². The number of aryl methyl sites for hydroxylation is 1. The topological polar surface area (TPSA) is 42.0 Å². The molecule has 0 fully saturated rings. The lowest BCUT2D eigenvalue weighted by Crippen LogP contribution is -2.28. The first-order chi connectivity index (χ1) is 10.2. The summed E-state index contributed by atoms with van der Waals surface area (Å²) in [4.78, 5) is 17.3. The monoisotopic (exact) mass is 302 g/mol. The maximum Gasteiger partial charge on any atom is 0.243 e. The summed E-state index contributed by atoms with van der Waals surface area (Å²) < 4.78 is 13.0. The van der Waals surface area contributed by atoms with E-state index in [9.17, 15) is 9.18 Å². The minimum atomic E-state index is -0.254. The summed E-state index contributed by atoms with van der Waals surface area (Å²) in [6.45, 7) is 3.48. The van der Waals surface area contributed by atoms with Crippen molar-refractivity contribution in [2.45, 2.75) is 25.3 Å². The van der Waals surface area contributed by atoms with E-state index in [1.165, 1.54) is 18.2 Å². The number of amides is 1. The van der Waals surface area contributed by atoms with E-state index in [0.29, 0.717) is 0 Å². The SMILES string of the molecule is C=CC(=O)NC1CCCc2nc(-c3ccc(F)cc3)sc21. The molecule has 0 bridgehead atoms. The quantitative estimate of drug-likeness (QED) is 0.880. The Morgan fingerprint density at radius 2 is 2.19 bits per heavy atom. The number of hydrogen-bond donors (Lipinski definition) is 1. The van der Waals surface area contributed by atoms with Crippen LogP contribution in [0.15, 0.2) is 36.9 Å². The average molecular weight is 302 g/mol. The van der Waals surface area contributed by atoms with Crippen LogP contribution in [-0.2, 0) is 11.2 Å². The first kappa shape index (κ1) is 13.9. The molecule has 2 aromatic rings. The zero-order chi connectivity index (χ0) is 14.8. The summed E-state index contributed by atoms with van der Waals surface area (Å²) in [7, 11) is 0. The Morgan fingerprint density at radius 3 is 2.90 bits per heavy atom. The lowest BCUT2D eigenvalue weighted by Gasteiger charge is -2.21. The summed E-state index contributed by atoms with van der Waals surface area (Å²) in [6.07, 6.45) is 4.13. The number of benzene rings is 1. The normalized spacial score (nSPS) is 17.1. The molecule has 0 radical (unpaired) electrons. The fraction of sp³-hybridized carbons (Fsp3) is 0.250. The van der Waals surface area contributed by atoms with Gasteiger partial charge in [-0.25, -0.2) is 9.37 Å². The van der Waals surface area contributed by atoms with Crippen molar-refractivity contribution in [2.75, 3.05) is 0 Å². The number of carbonyl (C=O) groups excluding carboxylic acids is 1. The molecule has 1 atom stereocenters. The third-order valence-corrected chi connectivity index (χ3v) is 4.80. The lowest BCUT2D eigenvalue weighted by molar-refractivity contribution is -0.117. The molecule has 21 heavy (non-hydrogen) atoms. The minimum absolute atomic E-state index is 0.00551. The summed E-state index contributed by atoms with van der Waals surface area (Å²) in [5.41, 5.74) is 1.95. The molecule has 1 heterocycles. The highest BCUT2D eigenvalue weighted by atomic mass is 32.1. The Bertz CT molecular complexity index is 678. The van der Waals surface area contributed by atoms with E-state index in [-0.39, 0.29) is 17.8 Å². The third kappa shape index (κ3) is 2.88. The van der Waals surface area contributed by atoms with E-state index in [1.807, 2.05) is 0 Å². The molecule has 1 aliphatic carbocycles. The van der Waals surface area contributed by atoms with Crippen molar-refractivity contribution in [3.63, 3.8) is 0 Å². The Kier molecular flexibility index (Phi) is 3.84. The number of hydrogen-bond acceptors (Lipinski definition) is 3. The Hall–Kier alpha value is -2.01. The predicted molar refractivity (Wildman–Crippen MR) is 81.5 cm³/mol. The molecule has 1 aromatic carbocycles. The second-order valence-corrected chi connectivity index (χ2v) is 6.03. The Morgan fingerprint density at radius 1 is 1.43 bits per heavy atom. The molecule has 3 nitrogen and oxygen atoms in total. The molecule has 1 unspecified atom stereocenters. The zero-order valence-corrected chi connectivity index (χ0v) is 12.3. The standard InChI is InChI=1S/C16H15FN2OS/c1-2-14(20)18-12-4-3-5-13-15(12)21-16(19-13)10-6-8-11(17)9-7-10/h2,6-9,12H,1,3-5H2,(H,18,20). The highest BCUT2D eigenvalue weighted by molar-refractivity contribution is 7.15. The molecule has 1 N–H and O–H groups in total. The fourth-order valence-corrected chi connectivity index (χ4v) is 3.71. The summed E-state index contributed by atoms with van der Waals surface area (Å²) in [5, 5.41) is 3.83. The maximum absolute atomic E-state index is 13.0. The van der Waals surface area contributed by atoms with Crippen LogP contribution in [0.4, 0.5) is 4.39 Å². The van der Waals surface area contributed by atoms with Crippen LogP contribution in [0.2, 0.25) is 0 Å². The molecular weight excluding hydrogens is 287 g/mol. The van der Waals surface area contributed by atoms with Crippen LogP contribution in [0.3, 0.4) is 0 Å². The number of nitrogens with one attached hydrogen (secondary N) is 1. The number of nitrogens with zero attached hydrogens (tertiary/aromatic N) is 1. The second kappa shape index (κ2) is 5.77.